The molecule has 1 fully saturated rings. The number of hydrogen-bond acceptors (Lipinski definition) is 7. The molecule has 4 atom stereocenters. The summed E-state index contributed by atoms with van der Waals surface area (Å²) < 4.78 is 0. The van der Waals surface area contributed by atoms with Crippen molar-refractivity contribution in [3.63, 3.8) is 0 Å². The SMILES string of the molecule is CC1=NC([C@@H]2C[C@@](CC(C)C)(C(=O)O)N(C(=O)c3ccc(C(C)(C)C)cc3)[C@H]2c2nccs2)N=N1. The van der Waals surface area contributed by atoms with E-state index in [4.69, 9.17) is 0 Å². The molecule has 1 aromatic heterocycles. The number of carboxylic acid groups (broad SMARTS) is 1. The lowest BCUT2D eigenvalue weighted by Gasteiger charge is -2.39. The average molecular weight is 496 g/mol. The minimum Gasteiger partial charge on any atom is -0.479 e. The molecule has 0 saturated carbocycles. The monoisotopic (exact) mass is 495 g/mol. The van der Waals surface area contributed by atoms with Gasteiger partial charge in [0.05, 0.1) is 6.04 Å². The minimum atomic E-state index is -1.41. The molecule has 0 bridgehead atoms. The van der Waals surface area contributed by atoms with E-state index >= 15 is 0 Å². The molecule has 2 aromatic rings. The highest BCUT2D eigenvalue weighted by Gasteiger charge is 2.61. The number of azo groups is 1. The molecule has 2 aliphatic heterocycles. The molecule has 0 spiro atoms. The Morgan fingerprint density at radius 2 is 1.91 bits per heavy atom. The highest BCUT2D eigenvalue weighted by Crippen LogP contribution is 2.53. The Morgan fingerprint density at radius 3 is 2.40 bits per heavy atom. The van der Waals surface area contributed by atoms with Crippen LogP contribution in [0, 0.1) is 11.8 Å². The van der Waals surface area contributed by atoms with Crippen LogP contribution in [0.3, 0.4) is 0 Å². The predicted molar refractivity (Wildman–Crippen MR) is 136 cm³/mol. The normalized spacial score (nSPS) is 26.4. The zero-order valence-electron chi connectivity index (χ0n) is 21.1. The van der Waals surface area contributed by atoms with Gasteiger partial charge in [-0.15, -0.1) is 16.5 Å². The topological polar surface area (TPSA) is 108 Å². The molecule has 0 aliphatic carbocycles. The number of rotatable bonds is 6. The van der Waals surface area contributed by atoms with Crippen molar-refractivity contribution in [3.05, 3.63) is 52.0 Å². The third-order valence-electron chi connectivity index (χ3n) is 6.81. The van der Waals surface area contributed by atoms with Crippen LogP contribution >= 0.6 is 11.3 Å². The molecule has 0 radical (unpaired) electrons. The number of carbonyl (C=O) groups excluding carboxylic acids is 1. The number of amides is 1. The van der Waals surface area contributed by atoms with Gasteiger partial charge >= 0.3 is 5.97 Å². The van der Waals surface area contributed by atoms with Crippen molar-refractivity contribution in [2.24, 2.45) is 27.1 Å². The van der Waals surface area contributed by atoms with Gasteiger partial charge in [0.25, 0.3) is 5.91 Å². The molecule has 3 heterocycles. The molecule has 186 valence electrons. The van der Waals surface area contributed by atoms with Crippen LogP contribution in [0.15, 0.2) is 51.1 Å². The molecule has 2 aliphatic rings. The molecule has 35 heavy (non-hydrogen) atoms. The van der Waals surface area contributed by atoms with E-state index in [1.54, 1.807) is 30.2 Å². The Labute approximate surface area is 210 Å². The highest BCUT2D eigenvalue weighted by molar-refractivity contribution is 7.09. The van der Waals surface area contributed by atoms with Gasteiger partial charge < -0.3 is 10.0 Å². The van der Waals surface area contributed by atoms with Crippen LogP contribution in [0.1, 0.15) is 81.4 Å². The summed E-state index contributed by atoms with van der Waals surface area (Å²) in [5.41, 5.74) is 0.0986. The fraction of sp³-hybridized carbons (Fsp3) is 0.538. The number of carbonyl (C=O) groups is 2. The van der Waals surface area contributed by atoms with Crippen LogP contribution in [-0.4, -0.2) is 44.4 Å². The van der Waals surface area contributed by atoms with E-state index in [9.17, 15) is 14.7 Å². The van der Waals surface area contributed by atoms with Crippen LogP contribution < -0.4 is 0 Å². The van der Waals surface area contributed by atoms with E-state index in [-0.39, 0.29) is 29.6 Å². The van der Waals surface area contributed by atoms with Crippen molar-refractivity contribution in [3.8, 4) is 0 Å². The van der Waals surface area contributed by atoms with Crippen molar-refractivity contribution in [1.29, 1.82) is 0 Å². The molecule has 1 aromatic carbocycles. The molecular weight excluding hydrogens is 462 g/mol. The quantitative estimate of drug-likeness (QED) is 0.552. The first kappa shape index (κ1) is 25.2. The zero-order chi connectivity index (χ0) is 25.5. The number of amidine groups is 1. The summed E-state index contributed by atoms with van der Waals surface area (Å²) in [6, 6.07) is 6.92. The van der Waals surface area contributed by atoms with E-state index in [1.807, 2.05) is 31.4 Å². The lowest BCUT2D eigenvalue weighted by atomic mass is 9.83. The molecule has 8 nitrogen and oxygen atoms in total. The maximum Gasteiger partial charge on any atom is 0.329 e. The van der Waals surface area contributed by atoms with Gasteiger partial charge in [-0.3, -0.25) is 4.79 Å². The van der Waals surface area contributed by atoms with Crippen molar-refractivity contribution >= 4 is 29.0 Å². The second-order valence-corrected chi connectivity index (χ2v) is 11.9. The van der Waals surface area contributed by atoms with Gasteiger partial charge in [-0.1, -0.05) is 46.8 Å². The number of nitrogens with zero attached hydrogens (tertiary/aromatic N) is 5. The largest absolute Gasteiger partial charge is 0.479 e. The fourth-order valence-corrected chi connectivity index (χ4v) is 6.08. The van der Waals surface area contributed by atoms with E-state index in [0.29, 0.717) is 22.8 Å². The molecule has 1 saturated heterocycles. The van der Waals surface area contributed by atoms with Crippen molar-refractivity contribution in [2.45, 2.75) is 77.5 Å². The van der Waals surface area contributed by atoms with E-state index in [2.05, 4.69) is 41.0 Å². The summed E-state index contributed by atoms with van der Waals surface area (Å²) in [6.07, 6.45) is 1.69. The number of aromatic nitrogens is 1. The second kappa shape index (κ2) is 9.26. The molecule has 9 heteroatoms. The number of benzene rings is 1. The van der Waals surface area contributed by atoms with Crippen LogP contribution in [0.25, 0.3) is 0 Å². The number of carboxylic acids is 1. The Hall–Kier alpha value is -2.94. The third kappa shape index (κ3) is 4.66. The van der Waals surface area contributed by atoms with E-state index in [1.165, 1.54) is 11.3 Å². The Bertz CT molecular complexity index is 1150. The molecule has 1 unspecified atom stereocenters. The Kier molecular flexibility index (Phi) is 6.66. The predicted octanol–water partition coefficient (Wildman–Crippen LogP) is 5.72. The number of likely N-dealkylation sites (tertiary alicyclic amines) is 1. The summed E-state index contributed by atoms with van der Waals surface area (Å²) in [5.74, 6) is -1.07. The van der Waals surface area contributed by atoms with Gasteiger partial charge in [-0.25, -0.2) is 14.8 Å². The summed E-state index contributed by atoms with van der Waals surface area (Å²) in [4.78, 5) is 37.9. The van der Waals surface area contributed by atoms with Gasteiger partial charge in [0.1, 0.15) is 16.4 Å². The lowest BCUT2D eigenvalue weighted by Crippen LogP contribution is -2.54. The molecule has 1 N–H and O–H groups in total. The van der Waals surface area contributed by atoms with Crippen molar-refractivity contribution in [2.75, 3.05) is 0 Å². The number of aliphatic carboxylic acids is 1. The van der Waals surface area contributed by atoms with E-state index < -0.39 is 23.7 Å². The first-order valence-corrected chi connectivity index (χ1v) is 12.8. The maximum absolute atomic E-state index is 14.2. The Balaban J connectivity index is 1.86. The first-order chi connectivity index (χ1) is 16.4. The van der Waals surface area contributed by atoms with Gasteiger partial charge in [-0.2, -0.15) is 5.11 Å². The summed E-state index contributed by atoms with van der Waals surface area (Å²) >= 11 is 1.42. The maximum atomic E-state index is 14.2. The van der Waals surface area contributed by atoms with Crippen LogP contribution in [-0.2, 0) is 10.2 Å². The van der Waals surface area contributed by atoms with Crippen LogP contribution in [0.2, 0.25) is 0 Å². The zero-order valence-corrected chi connectivity index (χ0v) is 21.9. The molecule has 4 rings (SSSR count). The van der Waals surface area contributed by atoms with Gasteiger partial charge in [0.15, 0.2) is 6.17 Å². The van der Waals surface area contributed by atoms with E-state index in [0.717, 1.165) is 5.56 Å². The number of thiazole rings is 1. The third-order valence-corrected chi connectivity index (χ3v) is 7.65. The number of hydrogen-bond donors (Lipinski definition) is 1. The minimum absolute atomic E-state index is 0.0517. The summed E-state index contributed by atoms with van der Waals surface area (Å²) in [7, 11) is 0. The van der Waals surface area contributed by atoms with Crippen molar-refractivity contribution < 1.29 is 14.7 Å². The van der Waals surface area contributed by atoms with Crippen LogP contribution in [0.4, 0.5) is 0 Å². The Morgan fingerprint density at radius 1 is 1.23 bits per heavy atom. The lowest BCUT2D eigenvalue weighted by molar-refractivity contribution is -0.150. The summed E-state index contributed by atoms with van der Waals surface area (Å²) in [5, 5.41) is 21.6. The van der Waals surface area contributed by atoms with Crippen molar-refractivity contribution in [1.82, 2.24) is 9.88 Å². The molecular formula is C26H33N5O3S. The number of aliphatic imine (C=N–C) groups is 1. The second-order valence-electron chi connectivity index (χ2n) is 10.9. The van der Waals surface area contributed by atoms with Gasteiger partial charge in [-0.05, 0) is 48.8 Å². The van der Waals surface area contributed by atoms with Gasteiger partial charge in [0.2, 0.25) is 0 Å². The van der Waals surface area contributed by atoms with Crippen LogP contribution in [0.5, 0.6) is 0 Å². The first-order valence-electron chi connectivity index (χ1n) is 12.0. The fourth-order valence-electron chi connectivity index (χ4n) is 5.27. The highest BCUT2D eigenvalue weighted by atomic mass is 32.1. The average Bonchev–Trinajstić information content (AvgIpc) is 3.51. The molecule has 1 amide bonds. The smallest absolute Gasteiger partial charge is 0.329 e. The standard InChI is InChI=1S/C26H33N5O3S/c1-15(2)13-26(24(33)34)14-19(21-28-16(3)29-30-21)20(22-27-11-12-35-22)31(26)23(32)17-7-9-18(10-8-17)25(4,5)6/h7-12,15,19-21H,13-14H2,1-6H3,(H,33,34)/t19-,20-,21?,26+/m1/s1. The summed E-state index contributed by atoms with van der Waals surface area (Å²) in [6.45, 7) is 12.1. The van der Waals surface area contributed by atoms with Gasteiger partial charge in [0, 0.05) is 23.1 Å².